The van der Waals surface area contributed by atoms with Crippen molar-refractivity contribution >= 4 is 5.69 Å². The molecule has 5 rings (SSSR count). The monoisotopic (exact) mass is 556 g/mol. The summed E-state index contributed by atoms with van der Waals surface area (Å²) in [4.78, 5) is 10.7. The van der Waals surface area contributed by atoms with E-state index in [0.29, 0.717) is 63.2 Å². The maximum atomic E-state index is 15.4. The molecule has 0 bridgehead atoms. The molecule has 0 spiro atoms. The molecular formula is C30H35F3N4O3. The van der Waals surface area contributed by atoms with E-state index in [1.54, 1.807) is 12.4 Å². The fourth-order valence-electron chi connectivity index (χ4n) is 5.87. The minimum atomic E-state index is -0.895. The number of aliphatic hydroxyl groups excluding tert-OH is 1. The molecule has 0 amide bonds. The zero-order valence-corrected chi connectivity index (χ0v) is 22.7. The Kier molecular flexibility index (Phi) is 8.42. The molecule has 40 heavy (non-hydrogen) atoms. The number of ether oxygens (including phenoxy) is 2. The van der Waals surface area contributed by atoms with Gasteiger partial charge in [0, 0.05) is 82.0 Å². The maximum absolute atomic E-state index is 15.4. The summed E-state index contributed by atoms with van der Waals surface area (Å²) in [6, 6.07) is 6.68. The summed E-state index contributed by atoms with van der Waals surface area (Å²) in [5.74, 6) is -2.59. The van der Waals surface area contributed by atoms with Gasteiger partial charge in [-0.25, -0.2) is 18.2 Å². The smallest absolute Gasteiger partial charge is 0.149 e. The third kappa shape index (κ3) is 5.58. The Labute approximate surface area is 232 Å². The molecule has 2 fully saturated rings. The molecule has 2 saturated heterocycles. The Morgan fingerprint density at radius 1 is 1.07 bits per heavy atom. The van der Waals surface area contributed by atoms with Crippen molar-refractivity contribution in [1.82, 2.24) is 9.97 Å². The summed E-state index contributed by atoms with van der Waals surface area (Å²) in [7, 11) is 1.51. The molecule has 3 atom stereocenters. The molecule has 0 radical (unpaired) electrons. The van der Waals surface area contributed by atoms with Crippen LogP contribution < -0.4 is 10.6 Å². The third-order valence-electron chi connectivity index (χ3n) is 8.23. The molecular weight excluding hydrogens is 521 g/mol. The Morgan fingerprint density at radius 2 is 1.80 bits per heavy atom. The van der Waals surface area contributed by atoms with Crippen molar-refractivity contribution in [2.24, 2.45) is 11.7 Å². The van der Waals surface area contributed by atoms with Crippen LogP contribution in [0.25, 0.3) is 11.3 Å². The van der Waals surface area contributed by atoms with Crippen LogP contribution in [0.2, 0.25) is 0 Å². The van der Waals surface area contributed by atoms with Crippen LogP contribution in [-0.2, 0) is 27.9 Å². The number of nitrogens with zero attached hydrogens (tertiary/aromatic N) is 3. The Morgan fingerprint density at radius 3 is 2.48 bits per heavy atom. The van der Waals surface area contributed by atoms with Gasteiger partial charge in [0.15, 0.2) is 0 Å². The standard InChI is InChI=1S/C30H35F3N4O3/c1-18-16-37(17-25(34)29(18)38)26-7-10-35-15-19(26)3-4-21-5-6-22(31)28(36-21)27-23(32)13-20(14-24(27)33)30(39-2)8-11-40-12-9-30/h5-7,10,13-15,18,25,29,38H,3-4,8-9,11-12,16-17,34H2,1-2H3/t18-,25+,29+/m0/s1. The number of rotatable bonds is 7. The molecule has 10 heteroatoms. The van der Waals surface area contributed by atoms with E-state index in [9.17, 15) is 9.50 Å². The lowest BCUT2D eigenvalue weighted by Gasteiger charge is -2.40. The van der Waals surface area contributed by atoms with Gasteiger partial charge in [0.2, 0.25) is 0 Å². The van der Waals surface area contributed by atoms with Crippen LogP contribution in [0.15, 0.2) is 42.7 Å². The molecule has 3 N–H and O–H groups in total. The van der Waals surface area contributed by atoms with E-state index >= 15 is 8.78 Å². The van der Waals surface area contributed by atoms with Crippen molar-refractivity contribution < 1.29 is 27.8 Å². The van der Waals surface area contributed by atoms with Crippen molar-refractivity contribution in [3.05, 3.63) is 77.0 Å². The number of piperidine rings is 1. The number of aliphatic hydroxyl groups is 1. The largest absolute Gasteiger partial charge is 0.391 e. The van der Waals surface area contributed by atoms with Gasteiger partial charge in [0.1, 0.15) is 23.1 Å². The van der Waals surface area contributed by atoms with Gasteiger partial charge in [-0.2, -0.15) is 0 Å². The van der Waals surface area contributed by atoms with Gasteiger partial charge in [-0.05, 0) is 54.3 Å². The van der Waals surface area contributed by atoms with Gasteiger partial charge in [0.25, 0.3) is 0 Å². The molecule has 2 aliphatic rings. The van der Waals surface area contributed by atoms with Gasteiger partial charge in [0.05, 0.1) is 17.3 Å². The van der Waals surface area contributed by atoms with Gasteiger partial charge < -0.3 is 25.2 Å². The fraction of sp³-hybridized carbons (Fsp3) is 0.467. The second-order valence-electron chi connectivity index (χ2n) is 10.8. The second kappa shape index (κ2) is 11.8. The first kappa shape index (κ1) is 28.5. The predicted molar refractivity (Wildman–Crippen MR) is 145 cm³/mol. The Balaban J connectivity index is 1.39. The first-order chi connectivity index (χ1) is 19.2. The summed E-state index contributed by atoms with van der Waals surface area (Å²) in [5.41, 5.74) is 7.18. The number of pyridine rings is 2. The van der Waals surface area contributed by atoms with E-state index < -0.39 is 34.7 Å². The van der Waals surface area contributed by atoms with E-state index in [1.165, 1.54) is 31.4 Å². The molecule has 0 aliphatic carbocycles. The molecule has 4 heterocycles. The summed E-state index contributed by atoms with van der Waals surface area (Å²) in [6.45, 7) is 3.96. The Bertz CT molecular complexity index is 1320. The van der Waals surface area contributed by atoms with Crippen LogP contribution in [0.5, 0.6) is 0 Å². The predicted octanol–water partition coefficient (Wildman–Crippen LogP) is 4.14. The molecule has 0 unspecified atom stereocenters. The molecule has 3 aromatic rings. The van der Waals surface area contributed by atoms with Crippen molar-refractivity contribution in [3.63, 3.8) is 0 Å². The highest BCUT2D eigenvalue weighted by molar-refractivity contribution is 5.63. The van der Waals surface area contributed by atoms with Gasteiger partial charge in [-0.1, -0.05) is 6.92 Å². The first-order valence-corrected chi connectivity index (χ1v) is 13.6. The van der Waals surface area contributed by atoms with E-state index in [2.05, 4.69) is 14.9 Å². The fourth-order valence-corrected chi connectivity index (χ4v) is 5.87. The van der Waals surface area contributed by atoms with Crippen LogP contribution in [0, 0.1) is 23.4 Å². The zero-order chi connectivity index (χ0) is 28.4. The minimum Gasteiger partial charge on any atom is -0.391 e. The average molecular weight is 557 g/mol. The van der Waals surface area contributed by atoms with Crippen LogP contribution >= 0.6 is 0 Å². The second-order valence-corrected chi connectivity index (χ2v) is 10.8. The molecule has 2 aromatic heterocycles. The highest BCUT2D eigenvalue weighted by Gasteiger charge is 2.36. The van der Waals surface area contributed by atoms with Crippen LogP contribution in [0.3, 0.4) is 0 Å². The first-order valence-electron chi connectivity index (χ1n) is 13.6. The van der Waals surface area contributed by atoms with Crippen LogP contribution in [0.4, 0.5) is 18.9 Å². The van der Waals surface area contributed by atoms with Crippen molar-refractivity contribution in [1.29, 1.82) is 0 Å². The highest BCUT2D eigenvalue weighted by atomic mass is 19.1. The number of hydrogen-bond acceptors (Lipinski definition) is 7. The number of nitrogens with two attached hydrogens (primary N) is 1. The number of aryl methyl sites for hydroxylation is 2. The van der Waals surface area contributed by atoms with Crippen molar-refractivity contribution in [3.8, 4) is 11.3 Å². The normalized spacial score (nSPS) is 22.9. The minimum absolute atomic E-state index is 0.00693. The summed E-state index contributed by atoms with van der Waals surface area (Å²) in [5, 5.41) is 10.3. The number of hydrogen-bond donors (Lipinski definition) is 2. The maximum Gasteiger partial charge on any atom is 0.149 e. The van der Waals surface area contributed by atoms with E-state index in [4.69, 9.17) is 15.2 Å². The lowest BCUT2D eigenvalue weighted by Crippen LogP contribution is -2.55. The Hall–Kier alpha value is -3.05. The van der Waals surface area contributed by atoms with Crippen LogP contribution in [0.1, 0.15) is 36.6 Å². The molecule has 214 valence electrons. The topological polar surface area (TPSA) is 93.7 Å². The van der Waals surface area contributed by atoms with E-state index in [-0.39, 0.29) is 17.7 Å². The van der Waals surface area contributed by atoms with Crippen LogP contribution in [-0.4, -0.2) is 60.6 Å². The van der Waals surface area contributed by atoms with E-state index in [0.717, 1.165) is 11.3 Å². The quantitative estimate of drug-likeness (QED) is 0.452. The molecule has 0 saturated carbocycles. The van der Waals surface area contributed by atoms with Gasteiger partial charge in [-0.3, -0.25) is 4.98 Å². The van der Waals surface area contributed by atoms with E-state index in [1.807, 2.05) is 13.0 Å². The number of methoxy groups -OCH3 is 1. The average Bonchev–Trinajstić information content (AvgIpc) is 2.96. The van der Waals surface area contributed by atoms with Crippen molar-refractivity contribution in [2.45, 2.75) is 50.4 Å². The lowest BCUT2D eigenvalue weighted by molar-refractivity contribution is -0.0950. The highest BCUT2D eigenvalue weighted by Crippen LogP contribution is 2.39. The molecule has 7 nitrogen and oxygen atoms in total. The number of benzene rings is 1. The van der Waals surface area contributed by atoms with Gasteiger partial charge in [-0.15, -0.1) is 0 Å². The SMILES string of the molecule is COC1(c2cc(F)c(-c3nc(CCc4cnccc4N4C[C@@H](N)[C@H](O)[C@@H](C)C4)ccc3F)c(F)c2)CCOCC1. The molecule has 2 aliphatic heterocycles. The summed E-state index contributed by atoms with van der Waals surface area (Å²) >= 11 is 0. The number of aromatic nitrogens is 2. The lowest BCUT2D eigenvalue weighted by atomic mass is 9.85. The van der Waals surface area contributed by atoms with Gasteiger partial charge >= 0.3 is 0 Å². The third-order valence-corrected chi connectivity index (χ3v) is 8.23. The summed E-state index contributed by atoms with van der Waals surface area (Å²) in [6.07, 6.45) is 4.75. The molecule has 1 aromatic carbocycles. The number of anilines is 1. The summed E-state index contributed by atoms with van der Waals surface area (Å²) < 4.78 is 56.8. The zero-order valence-electron chi connectivity index (χ0n) is 22.7. The number of halogens is 3. The van der Waals surface area contributed by atoms with Crippen molar-refractivity contribution in [2.75, 3.05) is 38.3 Å².